The van der Waals surface area contributed by atoms with E-state index in [2.05, 4.69) is 15.4 Å². The van der Waals surface area contributed by atoms with Crippen molar-refractivity contribution in [2.75, 3.05) is 13.7 Å². The number of carbonyl (C=O) groups is 1. The van der Waals surface area contributed by atoms with Gasteiger partial charge in [0.15, 0.2) is 0 Å². The molecular weight excluding hydrogens is 268 g/mol. The fourth-order valence-corrected chi connectivity index (χ4v) is 2.46. The third-order valence-electron chi connectivity index (χ3n) is 3.46. The van der Waals surface area contributed by atoms with E-state index < -0.39 is 5.54 Å². The Morgan fingerprint density at radius 1 is 1.38 bits per heavy atom. The van der Waals surface area contributed by atoms with Gasteiger partial charge in [-0.2, -0.15) is 5.10 Å². The molecule has 1 aromatic carbocycles. The molecular formula is C15H20N4O2. The number of hydrogen-bond donors (Lipinski definition) is 1. The van der Waals surface area contributed by atoms with Crippen LogP contribution in [0.25, 0.3) is 0 Å². The number of aromatic nitrogens is 3. The van der Waals surface area contributed by atoms with Crippen molar-refractivity contribution in [1.29, 1.82) is 0 Å². The number of nitrogens with one attached hydrogen (secondary N) is 1. The van der Waals surface area contributed by atoms with E-state index in [1.54, 1.807) is 11.0 Å². The Hall–Kier alpha value is -2.21. The first-order valence-corrected chi connectivity index (χ1v) is 6.94. The van der Waals surface area contributed by atoms with Gasteiger partial charge in [-0.3, -0.25) is 10.00 Å². The summed E-state index contributed by atoms with van der Waals surface area (Å²) < 4.78 is 6.75. The van der Waals surface area contributed by atoms with Crippen LogP contribution in [-0.4, -0.2) is 34.4 Å². The minimum atomic E-state index is -0.878. The standard InChI is InChI=1S/C15H20N4O2/c1-3-17-15(14(20)21-2,13-7-5-4-6-8-13)9-10-19-12-16-11-18-19/h4-8,11-12,17H,3,9-10H2,1-2H3. The molecule has 0 aliphatic rings. The van der Waals surface area contributed by atoms with Crippen molar-refractivity contribution >= 4 is 5.97 Å². The molecule has 0 radical (unpaired) electrons. The summed E-state index contributed by atoms with van der Waals surface area (Å²) in [7, 11) is 1.41. The lowest BCUT2D eigenvalue weighted by molar-refractivity contribution is -0.149. The molecule has 6 nitrogen and oxygen atoms in total. The Kier molecular flexibility index (Phi) is 5.05. The second-order valence-electron chi connectivity index (χ2n) is 4.70. The van der Waals surface area contributed by atoms with Crippen LogP contribution < -0.4 is 5.32 Å². The van der Waals surface area contributed by atoms with Crippen LogP contribution in [0.1, 0.15) is 18.9 Å². The van der Waals surface area contributed by atoms with E-state index in [1.165, 1.54) is 13.4 Å². The average Bonchev–Trinajstić information content (AvgIpc) is 3.05. The normalized spacial score (nSPS) is 13.6. The molecule has 1 aromatic heterocycles. The number of rotatable bonds is 7. The zero-order valence-corrected chi connectivity index (χ0v) is 12.3. The van der Waals surface area contributed by atoms with E-state index in [9.17, 15) is 4.79 Å². The van der Waals surface area contributed by atoms with E-state index in [1.807, 2.05) is 37.3 Å². The number of methoxy groups -OCH3 is 1. The highest BCUT2D eigenvalue weighted by Crippen LogP contribution is 2.27. The third-order valence-corrected chi connectivity index (χ3v) is 3.46. The maximum absolute atomic E-state index is 12.5. The van der Waals surface area contributed by atoms with Crippen molar-refractivity contribution in [2.45, 2.75) is 25.4 Å². The van der Waals surface area contributed by atoms with E-state index in [0.29, 0.717) is 19.5 Å². The Labute approximate surface area is 124 Å². The second-order valence-corrected chi connectivity index (χ2v) is 4.70. The van der Waals surface area contributed by atoms with Gasteiger partial charge in [-0.05, 0) is 12.1 Å². The summed E-state index contributed by atoms with van der Waals surface area (Å²) in [6.45, 7) is 3.19. The van der Waals surface area contributed by atoms with Gasteiger partial charge in [0.05, 0.1) is 7.11 Å². The van der Waals surface area contributed by atoms with Crippen molar-refractivity contribution in [1.82, 2.24) is 20.1 Å². The number of carbonyl (C=O) groups excluding carboxylic acids is 1. The van der Waals surface area contributed by atoms with E-state index in [4.69, 9.17) is 4.74 Å². The van der Waals surface area contributed by atoms with Crippen molar-refractivity contribution < 1.29 is 9.53 Å². The molecule has 1 heterocycles. The summed E-state index contributed by atoms with van der Waals surface area (Å²) in [6.07, 6.45) is 3.65. The molecule has 0 aliphatic carbocycles. The summed E-state index contributed by atoms with van der Waals surface area (Å²) in [5, 5.41) is 7.37. The lowest BCUT2D eigenvalue weighted by Gasteiger charge is -2.32. The molecule has 0 aliphatic heterocycles. The second kappa shape index (κ2) is 6.99. The van der Waals surface area contributed by atoms with Crippen molar-refractivity contribution in [3.8, 4) is 0 Å². The van der Waals surface area contributed by atoms with Crippen LogP contribution in [-0.2, 0) is 21.6 Å². The molecule has 1 atom stereocenters. The molecule has 1 unspecified atom stereocenters. The molecule has 0 amide bonds. The zero-order chi connectivity index (χ0) is 15.1. The number of benzene rings is 1. The van der Waals surface area contributed by atoms with Gasteiger partial charge in [-0.1, -0.05) is 37.3 Å². The first kappa shape index (κ1) is 15.2. The Balaban J connectivity index is 2.33. The SMILES string of the molecule is CCNC(CCn1cncn1)(C(=O)OC)c1ccccc1. The summed E-state index contributed by atoms with van der Waals surface area (Å²) in [5.41, 5.74) is 0.00953. The number of aryl methyl sites for hydroxylation is 1. The van der Waals surface area contributed by atoms with E-state index in [-0.39, 0.29) is 5.97 Å². The van der Waals surface area contributed by atoms with E-state index in [0.717, 1.165) is 5.56 Å². The molecule has 2 rings (SSSR count). The number of ether oxygens (including phenoxy) is 1. The molecule has 21 heavy (non-hydrogen) atoms. The summed E-state index contributed by atoms with van der Waals surface area (Å²) in [5.74, 6) is -0.296. The monoisotopic (exact) mass is 288 g/mol. The maximum Gasteiger partial charge on any atom is 0.330 e. The molecule has 6 heteroatoms. The predicted molar refractivity (Wildman–Crippen MR) is 78.5 cm³/mol. The van der Waals surface area contributed by atoms with Crippen LogP contribution in [0.5, 0.6) is 0 Å². The van der Waals surface area contributed by atoms with Gasteiger partial charge in [0.1, 0.15) is 18.2 Å². The lowest BCUT2D eigenvalue weighted by atomic mass is 9.86. The summed E-state index contributed by atoms with van der Waals surface area (Å²) in [4.78, 5) is 16.4. The van der Waals surface area contributed by atoms with Crippen LogP contribution in [0.4, 0.5) is 0 Å². The van der Waals surface area contributed by atoms with Gasteiger partial charge in [0, 0.05) is 13.0 Å². The quantitative estimate of drug-likeness (QED) is 0.779. The highest BCUT2D eigenvalue weighted by molar-refractivity contribution is 5.82. The molecule has 0 spiro atoms. The minimum Gasteiger partial charge on any atom is -0.467 e. The van der Waals surface area contributed by atoms with Gasteiger partial charge >= 0.3 is 5.97 Å². The molecule has 0 fully saturated rings. The molecule has 0 bridgehead atoms. The average molecular weight is 288 g/mol. The first-order chi connectivity index (χ1) is 10.2. The highest BCUT2D eigenvalue weighted by Gasteiger charge is 2.40. The molecule has 1 N–H and O–H groups in total. The number of nitrogens with zero attached hydrogens (tertiary/aromatic N) is 3. The van der Waals surface area contributed by atoms with Gasteiger partial charge in [0.2, 0.25) is 0 Å². The number of esters is 1. The fourth-order valence-electron chi connectivity index (χ4n) is 2.46. The van der Waals surface area contributed by atoms with Gasteiger partial charge in [-0.25, -0.2) is 9.78 Å². The summed E-state index contributed by atoms with van der Waals surface area (Å²) in [6, 6.07) is 9.62. The predicted octanol–water partition coefficient (Wildman–Crippen LogP) is 1.35. The van der Waals surface area contributed by atoms with Crippen LogP contribution in [0.3, 0.4) is 0 Å². The van der Waals surface area contributed by atoms with Gasteiger partial charge in [0.25, 0.3) is 0 Å². The Morgan fingerprint density at radius 2 is 2.14 bits per heavy atom. The smallest absolute Gasteiger partial charge is 0.330 e. The lowest BCUT2D eigenvalue weighted by Crippen LogP contribution is -2.50. The van der Waals surface area contributed by atoms with Crippen LogP contribution in [0.2, 0.25) is 0 Å². The van der Waals surface area contributed by atoms with Crippen molar-refractivity contribution in [2.24, 2.45) is 0 Å². The van der Waals surface area contributed by atoms with Gasteiger partial charge in [-0.15, -0.1) is 0 Å². The largest absolute Gasteiger partial charge is 0.467 e. The highest BCUT2D eigenvalue weighted by atomic mass is 16.5. The Morgan fingerprint density at radius 3 is 2.71 bits per heavy atom. The number of hydrogen-bond acceptors (Lipinski definition) is 5. The van der Waals surface area contributed by atoms with Crippen molar-refractivity contribution in [3.63, 3.8) is 0 Å². The topological polar surface area (TPSA) is 69.0 Å². The molecule has 0 saturated heterocycles. The minimum absolute atomic E-state index is 0.296. The zero-order valence-electron chi connectivity index (χ0n) is 12.3. The summed E-state index contributed by atoms with van der Waals surface area (Å²) >= 11 is 0. The third kappa shape index (κ3) is 3.28. The number of likely N-dealkylation sites (N-methyl/N-ethyl adjacent to an activating group) is 1. The molecule has 112 valence electrons. The first-order valence-electron chi connectivity index (χ1n) is 6.94. The Bertz CT molecular complexity index is 556. The van der Waals surface area contributed by atoms with Crippen molar-refractivity contribution in [3.05, 3.63) is 48.5 Å². The van der Waals surface area contributed by atoms with Gasteiger partial charge < -0.3 is 4.74 Å². The maximum atomic E-state index is 12.5. The van der Waals surface area contributed by atoms with Crippen LogP contribution in [0, 0.1) is 0 Å². The molecule has 2 aromatic rings. The van der Waals surface area contributed by atoms with E-state index >= 15 is 0 Å². The molecule has 0 saturated carbocycles. The van der Waals surface area contributed by atoms with Crippen LogP contribution >= 0.6 is 0 Å². The fraction of sp³-hybridized carbons (Fsp3) is 0.400. The van der Waals surface area contributed by atoms with Crippen LogP contribution in [0.15, 0.2) is 43.0 Å².